The topological polar surface area (TPSA) is 12.9 Å². The summed E-state index contributed by atoms with van der Waals surface area (Å²) in [6.45, 7) is 4.25. The summed E-state index contributed by atoms with van der Waals surface area (Å²) in [6.07, 6.45) is 3.83. The molecule has 0 aliphatic rings. The second-order valence-electron chi connectivity index (χ2n) is 5.22. The Morgan fingerprint density at radius 3 is 1.62 bits per heavy atom. The van der Waals surface area contributed by atoms with Crippen LogP contribution in [0.2, 0.25) is 0 Å². The first-order chi connectivity index (χ1) is 10.2. The molecule has 2 heteroatoms. The van der Waals surface area contributed by atoms with Crippen molar-refractivity contribution in [2.75, 3.05) is 0 Å². The predicted octanol–water partition coefficient (Wildman–Crippen LogP) is 3.46. The van der Waals surface area contributed by atoms with Gasteiger partial charge in [0.1, 0.15) is 0 Å². The number of aryl methyl sites for hydroxylation is 2. The molecule has 0 atom stereocenters. The average Bonchev–Trinajstić information content (AvgIpc) is 2.52. The van der Waals surface area contributed by atoms with E-state index in [0.29, 0.717) is 0 Å². The molecule has 1 nitrogen and oxygen atoms in total. The zero-order valence-corrected chi connectivity index (χ0v) is 13.2. The summed E-state index contributed by atoms with van der Waals surface area (Å²) < 4.78 is 0. The summed E-state index contributed by atoms with van der Waals surface area (Å²) >= 11 is 0. The molecule has 104 valence electrons. The van der Waals surface area contributed by atoms with Gasteiger partial charge >= 0.3 is 0 Å². The highest BCUT2D eigenvalue weighted by molar-refractivity contribution is 7.79. The van der Waals surface area contributed by atoms with E-state index in [9.17, 15) is 0 Å². The van der Waals surface area contributed by atoms with Crippen molar-refractivity contribution >= 4 is 23.8 Å². The Morgan fingerprint density at radius 1 is 0.667 bits per heavy atom. The lowest BCUT2D eigenvalue weighted by molar-refractivity contribution is 1.35. The second-order valence-corrected chi connectivity index (χ2v) is 7.44. The van der Waals surface area contributed by atoms with Crippen molar-refractivity contribution in [2.45, 2.75) is 13.8 Å². The Bertz CT molecular complexity index is 657. The highest BCUT2D eigenvalue weighted by Gasteiger charge is 2.16. The maximum absolute atomic E-state index is 4.31. The van der Waals surface area contributed by atoms with E-state index in [1.807, 2.05) is 18.5 Å². The van der Waals surface area contributed by atoms with Crippen molar-refractivity contribution < 1.29 is 0 Å². The Labute approximate surface area is 127 Å². The van der Waals surface area contributed by atoms with Gasteiger partial charge in [-0.25, -0.2) is 0 Å². The van der Waals surface area contributed by atoms with Crippen LogP contribution in [0, 0.1) is 13.8 Å². The predicted molar refractivity (Wildman–Crippen MR) is 92.4 cm³/mol. The van der Waals surface area contributed by atoms with Crippen LogP contribution in [0.25, 0.3) is 0 Å². The van der Waals surface area contributed by atoms with Crippen LogP contribution in [0.3, 0.4) is 0 Å². The second kappa shape index (κ2) is 6.20. The van der Waals surface area contributed by atoms with E-state index in [1.165, 1.54) is 27.0 Å². The van der Waals surface area contributed by atoms with E-state index >= 15 is 0 Å². The van der Waals surface area contributed by atoms with Crippen molar-refractivity contribution in [2.24, 2.45) is 0 Å². The van der Waals surface area contributed by atoms with E-state index < -0.39 is 7.92 Å². The molecular weight excluding hydrogens is 273 g/mol. The molecule has 2 aromatic carbocycles. The fourth-order valence-electron chi connectivity index (χ4n) is 2.32. The molecule has 3 aromatic rings. The Morgan fingerprint density at radius 2 is 1.19 bits per heavy atom. The lowest BCUT2D eigenvalue weighted by atomic mass is 10.2. The highest BCUT2D eigenvalue weighted by atomic mass is 31.1. The summed E-state index contributed by atoms with van der Waals surface area (Å²) in [4.78, 5) is 4.31. The first kappa shape index (κ1) is 14.0. The smallest absolute Gasteiger partial charge is 0.0351 e. The zero-order chi connectivity index (χ0) is 14.7. The number of hydrogen-bond acceptors (Lipinski definition) is 1. The lowest BCUT2D eigenvalue weighted by Crippen LogP contribution is -2.20. The van der Waals surface area contributed by atoms with E-state index in [0.717, 1.165) is 0 Å². The fourth-order valence-corrected chi connectivity index (χ4v) is 4.53. The fraction of sp³-hybridized carbons (Fsp3) is 0.105. The van der Waals surface area contributed by atoms with Gasteiger partial charge in [0.15, 0.2) is 0 Å². The third-order valence-electron chi connectivity index (χ3n) is 3.49. The van der Waals surface area contributed by atoms with Crippen molar-refractivity contribution in [3.8, 4) is 0 Å². The molecule has 21 heavy (non-hydrogen) atoms. The first-order valence-electron chi connectivity index (χ1n) is 7.07. The normalized spacial score (nSPS) is 10.8. The van der Waals surface area contributed by atoms with Gasteiger partial charge in [-0.15, -0.1) is 0 Å². The monoisotopic (exact) mass is 291 g/mol. The van der Waals surface area contributed by atoms with E-state index in [2.05, 4.69) is 73.4 Å². The van der Waals surface area contributed by atoms with Crippen LogP contribution in [0.5, 0.6) is 0 Å². The van der Waals surface area contributed by atoms with Crippen LogP contribution in [0.1, 0.15) is 11.1 Å². The Balaban J connectivity index is 2.11. The van der Waals surface area contributed by atoms with Gasteiger partial charge < -0.3 is 0 Å². The molecule has 0 bridgehead atoms. The molecule has 3 rings (SSSR count). The number of pyridine rings is 1. The first-order valence-corrected chi connectivity index (χ1v) is 8.42. The minimum absolute atomic E-state index is 0.533. The van der Waals surface area contributed by atoms with Crippen LogP contribution >= 0.6 is 7.92 Å². The maximum atomic E-state index is 4.31. The van der Waals surface area contributed by atoms with Crippen molar-refractivity contribution in [1.82, 2.24) is 4.98 Å². The molecule has 0 saturated carbocycles. The summed E-state index contributed by atoms with van der Waals surface area (Å²) in [6, 6.07) is 21.9. The van der Waals surface area contributed by atoms with Gasteiger partial charge in [-0.05, 0) is 38.4 Å². The summed E-state index contributed by atoms with van der Waals surface area (Å²) in [5.41, 5.74) is 2.59. The van der Waals surface area contributed by atoms with Crippen molar-refractivity contribution in [3.63, 3.8) is 0 Å². The maximum Gasteiger partial charge on any atom is 0.0351 e. The molecule has 0 fully saturated rings. The summed E-state index contributed by atoms with van der Waals surface area (Å²) in [5, 5.41) is 4.03. The number of rotatable bonds is 3. The number of nitrogens with zero attached hydrogens (tertiary/aromatic N) is 1. The molecule has 0 saturated heterocycles. The minimum atomic E-state index is -0.533. The Hall–Kier alpha value is -1.98. The van der Waals surface area contributed by atoms with Gasteiger partial charge in [0.2, 0.25) is 0 Å². The Kier molecular flexibility index (Phi) is 4.13. The number of hydrogen-bond donors (Lipinski definition) is 0. The van der Waals surface area contributed by atoms with Crippen LogP contribution in [0.4, 0.5) is 0 Å². The largest absolute Gasteiger partial charge is 0.264 e. The molecule has 0 unspecified atom stereocenters. The van der Waals surface area contributed by atoms with Crippen molar-refractivity contribution in [1.29, 1.82) is 0 Å². The van der Waals surface area contributed by atoms with Gasteiger partial charge in [0.25, 0.3) is 0 Å². The number of benzene rings is 2. The average molecular weight is 291 g/mol. The van der Waals surface area contributed by atoms with Gasteiger partial charge in [-0.2, -0.15) is 0 Å². The van der Waals surface area contributed by atoms with Gasteiger partial charge in [-0.3, -0.25) is 4.98 Å². The molecule has 0 radical (unpaired) electrons. The van der Waals surface area contributed by atoms with Crippen LogP contribution < -0.4 is 15.9 Å². The standard InChI is InChI=1S/C19H18NP/c1-15-5-9-17(10-6-15)21(19-4-3-13-20-14-19)18-11-7-16(2)8-12-18/h3-14H,1-2H3. The molecule has 1 heterocycles. The number of aromatic nitrogens is 1. The zero-order valence-electron chi connectivity index (χ0n) is 12.3. The molecule has 0 amide bonds. The summed E-state index contributed by atoms with van der Waals surface area (Å²) in [7, 11) is -0.533. The molecule has 0 N–H and O–H groups in total. The molecule has 0 aliphatic carbocycles. The third-order valence-corrected chi connectivity index (χ3v) is 5.90. The highest BCUT2D eigenvalue weighted by Crippen LogP contribution is 2.32. The quantitative estimate of drug-likeness (QED) is 0.674. The van der Waals surface area contributed by atoms with E-state index in [4.69, 9.17) is 0 Å². The van der Waals surface area contributed by atoms with Crippen LogP contribution in [-0.2, 0) is 0 Å². The van der Waals surface area contributed by atoms with Gasteiger partial charge in [0.05, 0.1) is 0 Å². The van der Waals surface area contributed by atoms with E-state index in [-0.39, 0.29) is 0 Å². The SMILES string of the molecule is Cc1ccc(P(c2ccc(C)cc2)c2cccnc2)cc1. The van der Waals surface area contributed by atoms with Crippen LogP contribution in [0.15, 0.2) is 73.1 Å². The van der Waals surface area contributed by atoms with Crippen molar-refractivity contribution in [3.05, 3.63) is 84.2 Å². The molecule has 0 spiro atoms. The van der Waals surface area contributed by atoms with Crippen LogP contribution in [-0.4, -0.2) is 4.98 Å². The van der Waals surface area contributed by atoms with Gasteiger partial charge in [-0.1, -0.05) is 65.7 Å². The van der Waals surface area contributed by atoms with Gasteiger partial charge in [0, 0.05) is 17.7 Å². The third kappa shape index (κ3) is 3.20. The minimum Gasteiger partial charge on any atom is -0.264 e. The van der Waals surface area contributed by atoms with E-state index in [1.54, 1.807) is 0 Å². The summed E-state index contributed by atoms with van der Waals surface area (Å²) in [5.74, 6) is 0. The molecule has 1 aromatic heterocycles. The lowest BCUT2D eigenvalue weighted by Gasteiger charge is -2.19. The molecular formula is C19H18NP. The molecule has 0 aliphatic heterocycles.